The van der Waals surface area contributed by atoms with Crippen molar-refractivity contribution < 1.29 is 4.79 Å². The van der Waals surface area contributed by atoms with Crippen molar-refractivity contribution in [1.29, 1.82) is 0 Å². The van der Waals surface area contributed by atoms with Gasteiger partial charge in [-0.05, 0) is 6.42 Å². The van der Waals surface area contributed by atoms with Crippen LogP contribution in [0.2, 0.25) is 19.6 Å². The molecule has 0 aromatic heterocycles. The van der Waals surface area contributed by atoms with E-state index in [2.05, 4.69) is 36.7 Å². The first-order valence-corrected chi connectivity index (χ1v) is 7.49. The summed E-state index contributed by atoms with van der Waals surface area (Å²) in [4.78, 5) is 9.84. The Morgan fingerprint density at radius 2 is 2.00 bits per heavy atom. The molecule has 0 saturated heterocycles. The van der Waals surface area contributed by atoms with Crippen LogP contribution in [0.25, 0.3) is 0 Å². The first-order valence-electron chi connectivity index (χ1n) is 3.91. The Balaban J connectivity index is 3.37. The van der Waals surface area contributed by atoms with Crippen LogP contribution in [0.5, 0.6) is 0 Å². The molecule has 0 fully saturated rings. The van der Waals surface area contributed by atoms with Crippen LogP contribution in [-0.2, 0) is 4.79 Å². The molecule has 0 aromatic rings. The number of hydrogen-bond acceptors (Lipinski definition) is 1. The third kappa shape index (κ3) is 9.43. The highest BCUT2D eigenvalue weighted by Crippen LogP contribution is 2.01. The average molecular weight is 171 g/mol. The number of carbonyl (C=O) groups excluding carboxylic acids is 1. The van der Waals surface area contributed by atoms with Gasteiger partial charge in [-0.15, -0.1) is 0 Å². The lowest BCUT2D eigenvalue weighted by molar-refractivity contribution is -0.109. The van der Waals surface area contributed by atoms with Crippen LogP contribution >= 0.6 is 0 Å². The topological polar surface area (TPSA) is 29.1 Å². The van der Waals surface area contributed by atoms with Crippen molar-refractivity contribution >= 4 is 14.5 Å². The molecule has 1 amide bonds. The molecular weight excluding hydrogens is 154 g/mol. The molecule has 0 aliphatic rings. The third-order valence-electron chi connectivity index (χ3n) is 1.16. The summed E-state index contributed by atoms with van der Waals surface area (Å²) in [7, 11) is -1.01. The number of amides is 1. The Labute approximate surface area is 69.7 Å². The second kappa shape index (κ2) is 5.13. The van der Waals surface area contributed by atoms with Gasteiger partial charge in [0.1, 0.15) is 0 Å². The van der Waals surface area contributed by atoms with E-state index < -0.39 is 8.07 Å². The van der Waals surface area contributed by atoms with E-state index in [4.69, 9.17) is 0 Å². The predicted octanol–water partition coefficient (Wildman–Crippen LogP) is 1.56. The Morgan fingerprint density at radius 3 is 2.45 bits per heavy atom. The van der Waals surface area contributed by atoms with Gasteiger partial charge >= 0.3 is 0 Å². The SMILES string of the molecule is C[Si](C)(C)/C=C/CCNC=O. The Bertz CT molecular complexity index is 138. The lowest BCUT2D eigenvalue weighted by atomic mass is 10.4. The monoisotopic (exact) mass is 171 g/mol. The van der Waals surface area contributed by atoms with Crippen molar-refractivity contribution in [2.45, 2.75) is 26.1 Å². The minimum Gasteiger partial charge on any atom is -0.358 e. The van der Waals surface area contributed by atoms with Gasteiger partial charge in [0.05, 0.1) is 8.07 Å². The standard InChI is InChI=1S/C8H17NOSi/c1-11(2,3)7-5-4-6-9-8-10/h5,7-8H,4,6H2,1-3H3,(H,9,10)/b7-5+. The number of nitrogens with one attached hydrogen (secondary N) is 1. The fourth-order valence-corrected chi connectivity index (χ4v) is 1.54. The van der Waals surface area contributed by atoms with Gasteiger partial charge in [-0.3, -0.25) is 4.79 Å². The highest BCUT2D eigenvalue weighted by Gasteiger charge is 2.05. The first kappa shape index (κ1) is 10.4. The molecule has 0 heterocycles. The smallest absolute Gasteiger partial charge is 0.207 e. The summed E-state index contributed by atoms with van der Waals surface area (Å²) in [5.41, 5.74) is 2.29. The quantitative estimate of drug-likeness (QED) is 0.379. The molecule has 0 atom stereocenters. The van der Waals surface area contributed by atoms with Crippen LogP contribution in [-0.4, -0.2) is 21.0 Å². The van der Waals surface area contributed by atoms with Gasteiger partial charge in [0.15, 0.2) is 0 Å². The second-order valence-electron chi connectivity index (χ2n) is 3.63. The van der Waals surface area contributed by atoms with Crippen LogP contribution in [0.4, 0.5) is 0 Å². The molecule has 0 bridgehead atoms. The van der Waals surface area contributed by atoms with Crippen molar-refractivity contribution in [2.24, 2.45) is 0 Å². The van der Waals surface area contributed by atoms with Crippen LogP contribution < -0.4 is 5.32 Å². The summed E-state index contributed by atoms with van der Waals surface area (Å²) in [5.74, 6) is 0. The second-order valence-corrected chi connectivity index (χ2v) is 8.69. The lowest BCUT2D eigenvalue weighted by Crippen LogP contribution is -2.16. The summed E-state index contributed by atoms with van der Waals surface area (Å²) in [5, 5.41) is 2.62. The Hall–Kier alpha value is -0.573. The molecule has 0 radical (unpaired) electrons. The molecule has 0 rings (SSSR count). The third-order valence-corrected chi connectivity index (χ3v) is 2.39. The maximum atomic E-state index is 9.84. The maximum absolute atomic E-state index is 9.84. The van der Waals surface area contributed by atoms with Crippen molar-refractivity contribution in [2.75, 3.05) is 6.54 Å². The molecule has 0 spiro atoms. The van der Waals surface area contributed by atoms with Crippen molar-refractivity contribution in [3.63, 3.8) is 0 Å². The summed E-state index contributed by atoms with van der Waals surface area (Å²) >= 11 is 0. The number of carbonyl (C=O) groups is 1. The van der Waals surface area contributed by atoms with Gasteiger partial charge in [0.2, 0.25) is 6.41 Å². The van der Waals surface area contributed by atoms with E-state index in [0.29, 0.717) is 0 Å². The van der Waals surface area contributed by atoms with Gasteiger partial charge in [-0.25, -0.2) is 0 Å². The van der Waals surface area contributed by atoms with E-state index in [0.717, 1.165) is 19.4 Å². The molecule has 64 valence electrons. The maximum Gasteiger partial charge on any atom is 0.207 e. The Morgan fingerprint density at radius 1 is 1.36 bits per heavy atom. The van der Waals surface area contributed by atoms with Gasteiger partial charge in [0, 0.05) is 6.54 Å². The fraction of sp³-hybridized carbons (Fsp3) is 0.625. The summed E-state index contributed by atoms with van der Waals surface area (Å²) in [6.45, 7) is 7.62. The Kier molecular flexibility index (Phi) is 4.86. The lowest BCUT2D eigenvalue weighted by Gasteiger charge is -2.07. The van der Waals surface area contributed by atoms with E-state index in [9.17, 15) is 4.79 Å². The van der Waals surface area contributed by atoms with Gasteiger partial charge in [0.25, 0.3) is 0 Å². The van der Waals surface area contributed by atoms with Gasteiger partial charge in [-0.1, -0.05) is 31.4 Å². The van der Waals surface area contributed by atoms with Gasteiger partial charge in [-0.2, -0.15) is 0 Å². The molecule has 0 aliphatic carbocycles. The molecule has 0 saturated carbocycles. The molecule has 1 N–H and O–H groups in total. The minimum atomic E-state index is -1.01. The zero-order chi connectivity index (χ0) is 8.74. The van der Waals surface area contributed by atoms with Crippen LogP contribution in [0.15, 0.2) is 11.8 Å². The summed E-state index contributed by atoms with van der Waals surface area (Å²) < 4.78 is 0. The molecule has 0 aromatic carbocycles. The number of hydrogen-bond donors (Lipinski definition) is 1. The van der Waals surface area contributed by atoms with Crippen LogP contribution in [0.1, 0.15) is 6.42 Å². The average Bonchev–Trinajstić information content (AvgIpc) is 1.85. The molecule has 0 aliphatic heterocycles. The van der Waals surface area contributed by atoms with Crippen molar-refractivity contribution in [1.82, 2.24) is 5.32 Å². The largest absolute Gasteiger partial charge is 0.358 e. The molecular formula is C8H17NOSi. The molecule has 11 heavy (non-hydrogen) atoms. The highest BCUT2D eigenvalue weighted by molar-refractivity contribution is 6.80. The summed E-state index contributed by atoms with van der Waals surface area (Å²) in [6.07, 6.45) is 3.84. The minimum absolute atomic E-state index is 0.738. The molecule has 3 heteroatoms. The van der Waals surface area contributed by atoms with Gasteiger partial charge < -0.3 is 5.32 Å². The van der Waals surface area contributed by atoms with Crippen LogP contribution in [0.3, 0.4) is 0 Å². The molecule has 2 nitrogen and oxygen atoms in total. The van der Waals surface area contributed by atoms with E-state index in [1.165, 1.54) is 0 Å². The first-order chi connectivity index (χ1) is 5.06. The fourth-order valence-electron chi connectivity index (χ4n) is 0.662. The highest BCUT2D eigenvalue weighted by atomic mass is 28.3. The summed E-state index contributed by atoms with van der Waals surface area (Å²) in [6, 6.07) is 0. The zero-order valence-electron chi connectivity index (χ0n) is 7.55. The normalized spacial score (nSPS) is 11.9. The van der Waals surface area contributed by atoms with Crippen molar-refractivity contribution in [3.8, 4) is 0 Å². The van der Waals surface area contributed by atoms with E-state index in [1.807, 2.05) is 0 Å². The van der Waals surface area contributed by atoms with E-state index in [-0.39, 0.29) is 0 Å². The van der Waals surface area contributed by atoms with E-state index in [1.54, 1.807) is 0 Å². The predicted molar refractivity (Wildman–Crippen MR) is 51.2 cm³/mol. The zero-order valence-corrected chi connectivity index (χ0v) is 8.55. The van der Waals surface area contributed by atoms with Crippen LogP contribution in [0, 0.1) is 0 Å². The van der Waals surface area contributed by atoms with E-state index >= 15 is 0 Å². The van der Waals surface area contributed by atoms with Crippen molar-refractivity contribution in [3.05, 3.63) is 11.8 Å². The number of rotatable bonds is 5. The molecule has 0 unspecified atom stereocenters.